The third-order valence-corrected chi connectivity index (χ3v) is 7.64. The number of nitrogens with one attached hydrogen (secondary N) is 2. The molecule has 2 aromatic rings. The Kier molecular flexibility index (Phi) is 8.31. The van der Waals surface area contributed by atoms with Crippen LogP contribution in [0.25, 0.3) is 10.9 Å². The van der Waals surface area contributed by atoms with Crippen LogP contribution in [-0.4, -0.2) is 65.9 Å². The molecule has 2 saturated heterocycles. The fourth-order valence-electron chi connectivity index (χ4n) is 5.24. The fraction of sp³-hybridized carbons (Fsp3) is 0.615. The van der Waals surface area contributed by atoms with E-state index >= 15 is 0 Å². The van der Waals surface area contributed by atoms with Gasteiger partial charge in [-0.2, -0.15) is 0 Å². The molecule has 0 saturated carbocycles. The largest absolute Gasteiger partial charge is 0.356 e. The number of aromatic nitrogens is 1. The zero-order valence-corrected chi connectivity index (χ0v) is 20.5. The monoisotopic (exact) mass is 472 g/mol. The van der Waals surface area contributed by atoms with Gasteiger partial charge in [-0.1, -0.05) is 31.4 Å². The van der Waals surface area contributed by atoms with Crippen molar-refractivity contribution in [2.45, 2.75) is 51.9 Å². The number of benzene rings is 1. The molecule has 0 radical (unpaired) electrons. The summed E-state index contributed by atoms with van der Waals surface area (Å²) in [6.45, 7) is 7.64. The lowest BCUT2D eigenvalue weighted by Crippen LogP contribution is -2.43. The van der Waals surface area contributed by atoms with Crippen molar-refractivity contribution in [2.75, 3.05) is 39.3 Å². The lowest BCUT2D eigenvalue weighted by molar-refractivity contribution is -0.126. The Morgan fingerprint density at radius 2 is 1.82 bits per heavy atom. The van der Waals surface area contributed by atoms with Crippen molar-refractivity contribution in [3.05, 3.63) is 35.0 Å². The van der Waals surface area contributed by atoms with Gasteiger partial charge in [-0.15, -0.1) is 0 Å². The second-order valence-electron chi connectivity index (χ2n) is 9.73. The number of carbonyl (C=O) groups excluding carboxylic acids is 2. The number of piperidine rings is 1. The Balaban J connectivity index is 1.19. The molecule has 1 aromatic heterocycles. The van der Waals surface area contributed by atoms with Crippen LogP contribution in [0, 0.1) is 11.8 Å². The number of fused-ring (bicyclic) bond motifs is 1. The molecule has 2 aliphatic heterocycles. The number of likely N-dealkylation sites (tertiary alicyclic amines) is 2. The van der Waals surface area contributed by atoms with Gasteiger partial charge in [0.1, 0.15) is 5.69 Å². The van der Waals surface area contributed by atoms with Crippen LogP contribution in [0.1, 0.15) is 62.4 Å². The maximum absolute atomic E-state index is 13.0. The predicted octanol–water partition coefficient (Wildman–Crippen LogP) is 4.69. The molecule has 2 N–H and O–H groups in total. The summed E-state index contributed by atoms with van der Waals surface area (Å²) in [5, 5.41) is 4.76. The van der Waals surface area contributed by atoms with Gasteiger partial charge in [-0.05, 0) is 81.9 Å². The van der Waals surface area contributed by atoms with Gasteiger partial charge >= 0.3 is 0 Å². The minimum absolute atomic E-state index is 0.0179. The fourth-order valence-corrected chi connectivity index (χ4v) is 5.42. The summed E-state index contributed by atoms with van der Waals surface area (Å²) >= 11 is 6.06. The highest BCUT2D eigenvalue weighted by molar-refractivity contribution is 6.31. The Hall–Kier alpha value is -2.05. The molecule has 2 aliphatic rings. The van der Waals surface area contributed by atoms with Gasteiger partial charge in [0.2, 0.25) is 5.91 Å². The standard InChI is InChI=1S/C26H37ClN4O2/c1-19(25(32)28-11-6-14-30-12-4-2-3-5-13-30)20-9-15-31(16-10-20)26(33)24-18-21-17-22(27)7-8-23(21)29-24/h7-8,17-20,29H,2-6,9-16H2,1H3,(H,28,32). The number of carbonyl (C=O) groups is 2. The maximum atomic E-state index is 13.0. The van der Waals surface area contributed by atoms with Gasteiger partial charge < -0.3 is 20.1 Å². The highest BCUT2D eigenvalue weighted by Gasteiger charge is 2.30. The molecule has 0 aliphatic carbocycles. The van der Waals surface area contributed by atoms with Gasteiger partial charge in [0.15, 0.2) is 0 Å². The lowest BCUT2D eigenvalue weighted by atomic mass is 9.84. The highest BCUT2D eigenvalue weighted by Crippen LogP contribution is 2.27. The zero-order valence-electron chi connectivity index (χ0n) is 19.7. The van der Waals surface area contributed by atoms with Crippen LogP contribution in [0.3, 0.4) is 0 Å². The Morgan fingerprint density at radius 3 is 2.55 bits per heavy atom. The summed E-state index contributed by atoms with van der Waals surface area (Å²) in [6, 6.07) is 7.46. The molecular formula is C26H37ClN4O2. The van der Waals surface area contributed by atoms with Crippen molar-refractivity contribution in [3.63, 3.8) is 0 Å². The van der Waals surface area contributed by atoms with Crippen molar-refractivity contribution in [3.8, 4) is 0 Å². The SMILES string of the molecule is CC(C(=O)NCCCN1CCCCCC1)C1CCN(C(=O)c2cc3cc(Cl)ccc3[nH]2)CC1. The van der Waals surface area contributed by atoms with Crippen molar-refractivity contribution < 1.29 is 9.59 Å². The molecule has 0 spiro atoms. The molecule has 1 unspecified atom stereocenters. The van der Waals surface area contributed by atoms with Crippen LogP contribution >= 0.6 is 11.6 Å². The van der Waals surface area contributed by atoms with Gasteiger partial charge in [0.25, 0.3) is 5.91 Å². The van der Waals surface area contributed by atoms with E-state index in [1.165, 1.54) is 38.8 Å². The molecule has 7 heteroatoms. The van der Waals surface area contributed by atoms with Crippen molar-refractivity contribution >= 4 is 34.3 Å². The summed E-state index contributed by atoms with van der Waals surface area (Å²) in [5.41, 5.74) is 1.51. The first-order valence-corrected chi connectivity index (χ1v) is 13.0. The number of hydrogen-bond donors (Lipinski definition) is 2. The van der Waals surface area contributed by atoms with Crippen LogP contribution in [-0.2, 0) is 4.79 Å². The van der Waals surface area contributed by atoms with E-state index in [1.807, 2.05) is 36.1 Å². The molecule has 6 nitrogen and oxygen atoms in total. The first-order valence-electron chi connectivity index (χ1n) is 12.6. The van der Waals surface area contributed by atoms with Crippen molar-refractivity contribution in [1.29, 1.82) is 0 Å². The Labute approximate surface area is 202 Å². The summed E-state index contributed by atoms with van der Waals surface area (Å²) in [5.74, 6) is 0.478. The van der Waals surface area contributed by atoms with Crippen LogP contribution in [0.2, 0.25) is 5.02 Å². The summed E-state index contributed by atoms with van der Waals surface area (Å²) < 4.78 is 0. The molecule has 4 rings (SSSR count). The van der Waals surface area contributed by atoms with E-state index in [0.29, 0.717) is 29.7 Å². The Morgan fingerprint density at radius 1 is 1.09 bits per heavy atom. The van der Waals surface area contributed by atoms with Gasteiger partial charge in [0.05, 0.1) is 0 Å². The average molecular weight is 473 g/mol. The molecule has 3 heterocycles. The van der Waals surface area contributed by atoms with Crippen LogP contribution in [0.15, 0.2) is 24.3 Å². The molecule has 1 atom stereocenters. The summed E-state index contributed by atoms with van der Waals surface area (Å²) in [4.78, 5) is 33.3. The molecular weight excluding hydrogens is 436 g/mol. The minimum atomic E-state index is -0.0179. The number of nitrogens with zero attached hydrogens (tertiary/aromatic N) is 2. The van der Waals surface area contributed by atoms with E-state index in [9.17, 15) is 9.59 Å². The molecule has 2 fully saturated rings. The van der Waals surface area contributed by atoms with E-state index in [4.69, 9.17) is 11.6 Å². The maximum Gasteiger partial charge on any atom is 0.270 e. The van der Waals surface area contributed by atoms with E-state index in [-0.39, 0.29) is 17.7 Å². The molecule has 2 amide bonds. The van der Waals surface area contributed by atoms with Crippen LogP contribution in [0.4, 0.5) is 0 Å². The van der Waals surface area contributed by atoms with E-state index in [2.05, 4.69) is 15.2 Å². The highest BCUT2D eigenvalue weighted by atomic mass is 35.5. The summed E-state index contributed by atoms with van der Waals surface area (Å²) in [6.07, 6.45) is 8.05. The smallest absolute Gasteiger partial charge is 0.270 e. The third kappa shape index (κ3) is 6.30. The molecule has 0 bridgehead atoms. The van der Waals surface area contributed by atoms with E-state index < -0.39 is 0 Å². The quantitative estimate of drug-likeness (QED) is 0.574. The number of aromatic amines is 1. The van der Waals surface area contributed by atoms with Crippen molar-refractivity contribution in [2.24, 2.45) is 11.8 Å². The number of halogens is 1. The lowest BCUT2D eigenvalue weighted by Gasteiger charge is -2.34. The van der Waals surface area contributed by atoms with Crippen LogP contribution < -0.4 is 5.32 Å². The third-order valence-electron chi connectivity index (χ3n) is 7.41. The topological polar surface area (TPSA) is 68.4 Å². The van der Waals surface area contributed by atoms with Gasteiger partial charge in [-0.25, -0.2) is 0 Å². The van der Waals surface area contributed by atoms with Crippen LogP contribution in [0.5, 0.6) is 0 Å². The molecule has 33 heavy (non-hydrogen) atoms. The van der Waals surface area contributed by atoms with E-state index in [0.717, 1.165) is 43.3 Å². The number of H-pyrrole nitrogens is 1. The average Bonchev–Trinajstić information content (AvgIpc) is 3.07. The predicted molar refractivity (Wildman–Crippen MR) is 134 cm³/mol. The van der Waals surface area contributed by atoms with Crippen molar-refractivity contribution in [1.82, 2.24) is 20.1 Å². The Bertz CT molecular complexity index is 943. The minimum Gasteiger partial charge on any atom is -0.356 e. The second kappa shape index (κ2) is 11.4. The first kappa shape index (κ1) is 24.1. The van der Waals surface area contributed by atoms with Gasteiger partial charge in [0, 0.05) is 41.5 Å². The normalized spacial score (nSPS) is 19.4. The molecule has 180 valence electrons. The van der Waals surface area contributed by atoms with Gasteiger partial charge in [-0.3, -0.25) is 9.59 Å². The number of amides is 2. The number of rotatable bonds is 7. The first-order chi connectivity index (χ1) is 16.0. The zero-order chi connectivity index (χ0) is 23.2. The summed E-state index contributed by atoms with van der Waals surface area (Å²) in [7, 11) is 0. The molecule has 1 aromatic carbocycles. The van der Waals surface area contributed by atoms with E-state index in [1.54, 1.807) is 0 Å². The second-order valence-corrected chi connectivity index (χ2v) is 10.2. The number of hydrogen-bond acceptors (Lipinski definition) is 3.